The summed E-state index contributed by atoms with van der Waals surface area (Å²) in [6.07, 6.45) is -0.174. The van der Waals surface area contributed by atoms with E-state index in [1.165, 1.54) is 7.11 Å². The highest BCUT2D eigenvalue weighted by Crippen LogP contribution is 2.21. The van der Waals surface area contributed by atoms with E-state index >= 15 is 0 Å². The summed E-state index contributed by atoms with van der Waals surface area (Å²) in [6, 6.07) is 11.8. The molecule has 0 spiro atoms. The van der Waals surface area contributed by atoms with Gasteiger partial charge in [-0.05, 0) is 55.3 Å². The average molecular weight is 362 g/mol. The molecule has 0 aromatic heterocycles. The number of nitrogens with one attached hydrogen (secondary N) is 1. The first-order valence-electron chi connectivity index (χ1n) is 7.86. The molecule has 0 bridgehead atoms. The van der Waals surface area contributed by atoms with E-state index in [2.05, 4.69) is 5.32 Å². The molecule has 0 heterocycles. The van der Waals surface area contributed by atoms with Crippen LogP contribution < -0.4 is 10.1 Å². The molecular formula is C19H20ClNO4. The van der Waals surface area contributed by atoms with Gasteiger partial charge < -0.3 is 14.8 Å². The zero-order valence-electron chi connectivity index (χ0n) is 14.3. The Labute approximate surface area is 151 Å². The van der Waals surface area contributed by atoms with Crippen LogP contribution >= 0.6 is 11.6 Å². The molecule has 1 atom stereocenters. The number of benzene rings is 2. The van der Waals surface area contributed by atoms with Crippen LogP contribution in [0.15, 0.2) is 42.5 Å². The van der Waals surface area contributed by atoms with Crippen molar-refractivity contribution in [1.82, 2.24) is 0 Å². The molecular weight excluding hydrogens is 342 g/mol. The molecule has 0 aliphatic heterocycles. The van der Waals surface area contributed by atoms with Gasteiger partial charge in [-0.15, -0.1) is 0 Å². The Balaban J connectivity index is 2.13. The van der Waals surface area contributed by atoms with Crippen LogP contribution in [0.4, 0.5) is 5.69 Å². The number of anilines is 1. The number of amides is 1. The summed E-state index contributed by atoms with van der Waals surface area (Å²) in [6.45, 7) is 3.70. The number of carbonyl (C=O) groups excluding carboxylic acids is 2. The molecule has 2 aromatic carbocycles. The molecule has 1 amide bonds. The Morgan fingerprint density at radius 2 is 1.84 bits per heavy atom. The molecule has 5 nitrogen and oxygen atoms in total. The fourth-order valence-electron chi connectivity index (χ4n) is 2.21. The lowest BCUT2D eigenvalue weighted by atomic mass is 10.1. The quantitative estimate of drug-likeness (QED) is 0.782. The predicted octanol–water partition coefficient (Wildman–Crippen LogP) is 4.23. The highest BCUT2D eigenvalue weighted by Gasteiger charge is 2.20. The van der Waals surface area contributed by atoms with Gasteiger partial charge >= 0.3 is 5.97 Å². The molecule has 0 aliphatic carbocycles. The molecule has 0 aliphatic rings. The molecule has 1 N–H and O–H groups in total. The summed E-state index contributed by atoms with van der Waals surface area (Å²) in [7, 11) is 1.31. The van der Waals surface area contributed by atoms with Crippen LogP contribution in [0, 0.1) is 6.92 Å². The second-order valence-electron chi connectivity index (χ2n) is 5.48. The Morgan fingerprint density at radius 1 is 1.16 bits per heavy atom. The summed E-state index contributed by atoms with van der Waals surface area (Å²) in [5, 5.41) is 3.41. The molecule has 2 rings (SSSR count). The van der Waals surface area contributed by atoms with Gasteiger partial charge in [-0.1, -0.05) is 24.6 Å². The van der Waals surface area contributed by atoms with Crippen molar-refractivity contribution in [2.45, 2.75) is 26.4 Å². The minimum Gasteiger partial charge on any atom is -0.481 e. The lowest BCUT2D eigenvalue weighted by Gasteiger charge is -2.18. The smallest absolute Gasteiger partial charge is 0.337 e. The van der Waals surface area contributed by atoms with Gasteiger partial charge in [0.1, 0.15) is 5.75 Å². The molecule has 0 unspecified atom stereocenters. The zero-order valence-corrected chi connectivity index (χ0v) is 15.1. The third-order valence-corrected chi connectivity index (χ3v) is 3.92. The molecule has 25 heavy (non-hydrogen) atoms. The predicted molar refractivity (Wildman–Crippen MR) is 97.3 cm³/mol. The lowest BCUT2D eigenvalue weighted by molar-refractivity contribution is -0.122. The monoisotopic (exact) mass is 361 g/mol. The lowest BCUT2D eigenvalue weighted by Crippen LogP contribution is -2.32. The molecule has 2 aromatic rings. The standard InChI is InChI=1S/C19H20ClNO4/c1-4-17(25-15-9-7-14(20)8-10-15)18(22)21-16-11-13(19(23)24-3)6-5-12(16)2/h5-11,17H,4H2,1-3H3,(H,21,22)/t17-/m1/s1. The van der Waals surface area contributed by atoms with E-state index in [0.29, 0.717) is 28.4 Å². The number of carbonyl (C=O) groups is 2. The van der Waals surface area contributed by atoms with E-state index in [9.17, 15) is 9.59 Å². The van der Waals surface area contributed by atoms with E-state index in [1.807, 2.05) is 13.8 Å². The van der Waals surface area contributed by atoms with Gasteiger partial charge in [0.05, 0.1) is 12.7 Å². The minimum atomic E-state index is -0.664. The van der Waals surface area contributed by atoms with Crippen molar-refractivity contribution in [3.05, 3.63) is 58.6 Å². The number of hydrogen-bond donors (Lipinski definition) is 1. The van der Waals surface area contributed by atoms with E-state index in [1.54, 1.807) is 42.5 Å². The van der Waals surface area contributed by atoms with Crippen LogP contribution in [0.3, 0.4) is 0 Å². The number of ether oxygens (including phenoxy) is 2. The first-order chi connectivity index (χ1) is 11.9. The Kier molecular flexibility index (Phi) is 6.42. The van der Waals surface area contributed by atoms with Crippen LogP contribution in [0.5, 0.6) is 5.75 Å². The molecule has 0 saturated heterocycles. The van der Waals surface area contributed by atoms with Gasteiger partial charge in [0.2, 0.25) is 0 Å². The van der Waals surface area contributed by atoms with Crippen LogP contribution in [0.1, 0.15) is 29.3 Å². The average Bonchev–Trinajstić information content (AvgIpc) is 2.62. The van der Waals surface area contributed by atoms with Gasteiger partial charge in [-0.2, -0.15) is 0 Å². The highest BCUT2D eigenvalue weighted by atomic mass is 35.5. The van der Waals surface area contributed by atoms with Crippen molar-refractivity contribution in [3.63, 3.8) is 0 Å². The summed E-state index contributed by atoms with van der Waals surface area (Å²) in [5.41, 5.74) is 1.75. The van der Waals surface area contributed by atoms with Gasteiger partial charge in [0, 0.05) is 10.7 Å². The normalized spacial score (nSPS) is 11.5. The van der Waals surface area contributed by atoms with Crippen molar-refractivity contribution >= 4 is 29.2 Å². The Bertz CT molecular complexity index is 759. The third-order valence-electron chi connectivity index (χ3n) is 3.67. The summed E-state index contributed by atoms with van der Waals surface area (Å²) < 4.78 is 10.4. The maximum atomic E-state index is 12.5. The maximum Gasteiger partial charge on any atom is 0.337 e. The van der Waals surface area contributed by atoms with Crippen LogP contribution in [0.25, 0.3) is 0 Å². The third kappa shape index (κ3) is 4.97. The largest absolute Gasteiger partial charge is 0.481 e. The van der Waals surface area contributed by atoms with Crippen LogP contribution in [-0.4, -0.2) is 25.1 Å². The first kappa shape index (κ1) is 18.8. The SMILES string of the molecule is CC[C@@H](Oc1ccc(Cl)cc1)C(=O)Nc1cc(C(=O)OC)ccc1C. The fourth-order valence-corrected chi connectivity index (χ4v) is 2.34. The Hall–Kier alpha value is -2.53. The summed E-state index contributed by atoms with van der Waals surface area (Å²) in [5.74, 6) is -0.186. The highest BCUT2D eigenvalue weighted by molar-refractivity contribution is 6.30. The molecule has 0 radical (unpaired) electrons. The van der Waals surface area contributed by atoms with E-state index in [-0.39, 0.29) is 5.91 Å². The summed E-state index contributed by atoms with van der Waals surface area (Å²) in [4.78, 5) is 24.2. The van der Waals surface area contributed by atoms with Gasteiger partial charge in [-0.25, -0.2) is 4.79 Å². The number of esters is 1. The number of hydrogen-bond acceptors (Lipinski definition) is 4. The fraction of sp³-hybridized carbons (Fsp3) is 0.263. The topological polar surface area (TPSA) is 64.6 Å². The van der Waals surface area contributed by atoms with Crippen LogP contribution in [0.2, 0.25) is 5.02 Å². The second kappa shape index (κ2) is 8.53. The maximum absolute atomic E-state index is 12.5. The van der Waals surface area contributed by atoms with Crippen molar-refractivity contribution < 1.29 is 19.1 Å². The number of methoxy groups -OCH3 is 1. The van der Waals surface area contributed by atoms with Crippen molar-refractivity contribution in [3.8, 4) is 5.75 Å². The van der Waals surface area contributed by atoms with Gasteiger partial charge in [0.25, 0.3) is 5.91 Å². The molecule has 6 heteroatoms. The Morgan fingerprint density at radius 3 is 2.44 bits per heavy atom. The number of aryl methyl sites for hydroxylation is 1. The summed E-state index contributed by atoms with van der Waals surface area (Å²) >= 11 is 5.85. The molecule has 132 valence electrons. The first-order valence-corrected chi connectivity index (χ1v) is 8.24. The van der Waals surface area contributed by atoms with Crippen molar-refractivity contribution in [2.75, 3.05) is 12.4 Å². The van der Waals surface area contributed by atoms with Crippen LogP contribution in [-0.2, 0) is 9.53 Å². The second-order valence-corrected chi connectivity index (χ2v) is 5.92. The molecule has 0 saturated carbocycles. The number of halogens is 1. The van der Waals surface area contributed by atoms with Crippen molar-refractivity contribution in [2.24, 2.45) is 0 Å². The van der Waals surface area contributed by atoms with E-state index in [4.69, 9.17) is 21.1 Å². The zero-order chi connectivity index (χ0) is 18.4. The van der Waals surface area contributed by atoms with Crippen molar-refractivity contribution in [1.29, 1.82) is 0 Å². The van der Waals surface area contributed by atoms with E-state index < -0.39 is 12.1 Å². The van der Waals surface area contributed by atoms with Gasteiger partial charge in [0.15, 0.2) is 6.10 Å². The molecule has 0 fully saturated rings. The van der Waals surface area contributed by atoms with Gasteiger partial charge in [-0.3, -0.25) is 4.79 Å². The minimum absolute atomic E-state index is 0.289. The number of rotatable bonds is 6. The van der Waals surface area contributed by atoms with E-state index in [0.717, 1.165) is 5.56 Å².